The third-order valence-electron chi connectivity index (χ3n) is 3.57. The van der Waals surface area contributed by atoms with Gasteiger partial charge in [-0.2, -0.15) is 0 Å². The predicted molar refractivity (Wildman–Crippen MR) is 82.7 cm³/mol. The second-order valence-electron chi connectivity index (χ2n) is 5.03. The highest BCUT2D eigenvalue weighted by Gasteiger charge is 2.27. The third kappa shape index (κ3) is 3.50. The van der Waals surface area contributed by atoms with Gasteiger partial charge in [-0.3, -0.25) is 14.5 Å². The molecule has 0 atom stereocenters. The summed E-state index contributed by atoms with van der Waals surface area (Å²) in [6.07, 6.45) is 3.17. The van der Waals surface area contributed by atoms with Gasteiger partial charge in [-0.15, -0.1) is 0 Å². The Balaban J connectivity index is 2.41. The molecule has 2 rings (SSSR count). The first-order chi connectivity index (χ1) is 10.2. The molecule has 1 aromatic carbocycles. The number of carbonyl (C=O) groups excluding carboxylic acids is 2. The summed E-state index contributed by atoms with van der Waals surface area (Å²) in [5, 5.41) is 0. The molecule has 0 aromatic heterocycles. The van der Waals surface area contributed by atoms with Gasteiger partial charge in [0.05, 0.1) is 12.2 Å². The fourth-order valence-electron chi connectivity index (χ4n) is 2.50. The Kier molecular flexibility index (Phi) is 5.13. The van der Waals surface area contributed by atoms with Crippen molar-refractivity contribution in [2.75, 3.05) is 11.4 Å². The van der Waals surface area contributed by atoms with Crippen LogP contribution in [0.2, 0.25) is 0 Å². The average Bonchev–Trinajstić information content (AvgIpc) is 2.66. The number of nitrogens with two attached hydrogens (primary N) is 1. The maximum absolute atomic E-state index is 12.2. The number of hydrogen-bond acceptors (Lipinski definition) is 3. The van der Waals surface area contributed by atoms with Crippen molar-refractivity contribution in [1.82, 2.24) is 0 Å². The fraction of sp³-hybridized carbons (Fsp3) is 0.412. The summed E-state index contributed by atoms with van der Waals surface area (Å²) >= 11 is 0. The average molecular weight is 284 g/mol. The highest BCUT2D eigenvalue weighted by molar-refractivity contribution is 6.15. The molecule has 0 saturated carbocycles. The van der Waals surface area contributed by atoms with Crippen molar-refractivity contribution in [3.8, 4) is 11.8 Å². The van der Waals surface area contributed by atoms with Crippen LogP contribution in [0, 0.1) is 11.8 Å². The van der Waals surface area contributed by atoms with Crippen molar-refractivity contribution in [3.05, 3.63) is 29.3 Å². The van der Waals surface area contributed by atoms with Gasteiger partial charge in [0.1, 0.15) is 0 Å². The lowest BCUT2D eigenvalue weighted by molar-refractivity contribution is -0.125. The van der Waals surface area contributed by atoms with Crippen molar-refractivity contribution in [3.63, 3.8) is 0 Å². The van der Waals surface area contributed by atoms with Gasteiger partial charge in [-0.25, -0.2) is 0 Å². The van der Waals surface area contributed by atoms with Gasteiger partial charge in [-0.1, -0.05) is 18.8 Å². The third-order valence-corrected chi connectivity index (χ3v) is 3.57. The Labute approximate surface area is 125 Å². The molecule has 0 radical (unpaired) electrons. The van der Waals surface area contributed by atoms with Gasteiger partial charge >= 0.3 is 0 Å². The first kappa shape index (κ1) is 15.3. The molecule has 1 aliphatic heterocycles. The van der Waals surface area contributed by atoms with E-state index < -0.39 is 0 Å². The molecular formula is C17H20N2O2. The lowest BCUT2D eigenvalue weighted by atomic mass is 10.0. The molecule has 0 unspecified atom stereocenters. The molecule has 1 aromatic rings. The van der Waals surface area contributed by atoms with Crippen LogP contribution in [0.1, 0.15) is 43.7 Å². The van der Waals surface area contributed by atoms with Gasteiger partial charge in [-0.05, 0) is 43.0 Å². The van der Waals surface area contributed by atoms with E-state index in [-0.39, 0.29) is 11.8 Å². The summed E-state index contributed by atoms with van der Waals surface area (Å²) < 4.78 is 0. The van der Waals surface area contributed by atoms with Crippen LogP contribution in [0.25, 0.3) is 0 Å². The maximum Gasteiger partial charge on any atom is 0.233 e. The zero-order chi connectivity index (χ0) is 15.2. The van der Waals surface area contributed by atoms with Crippen LogP contribution >= 0.6 is 0 Å². The zero-order valence-corrected chi connectivity index (χ0v) is 12.3. The maximum atomic E-state index is 12.2. The van der Waals surface area contributed by atoms with Crippen LogP contribution in [0.4, 0.5) is 5.69 Å². The minimum absolute atomic E-state index is 0.104. The van der Waals surface area contributed by atoms with Gasteiger partial charge < -0.3 is 5.73 Å². The Morgan fingerprint density at radius 1 is 1.19 bits per heavy atom. The number of nitrogens with zero attached hydrogens (tertiary/aromatic N) is 1. The summed E-state index contributed by atoms with van der Waals surface area (Å²) in [5.74, 6) is 5.59. The van der Waals surface area contributed by atoms with Crippen molar-refractivity contribution >= 4 is 17.5 Å². The number of hydrogen-bond donors (Lipinski definition) is 1. The quantitative estimate of drug-likeness (QED) is 0.667. The predicted octanol–water partition coefficient (Wildman–Crippen LogP) is 1.99. The highest BCUT2D eigenvalue weighted by Crippen LogP contribution is 2.26. The van der Waals surface area contributed by atoms with E-state index in [2.05, 4.69) is 11.8 Å². The van der Waals surface area contributed by atoms with Crippen LogP contribution in [0.15, 0.2) is 18.2 Å². The van der Waals surface area contributed by atoms with E-state index in [4.69, 9.17) is 5.73 Å². The normalized spacial score (nSPS) is 15.4. The number of rotatable bonds is 2. The van der Waals surface area contributed by atoms with Crippen LogP contribution in [-0.2, 0) is 16.0 Å². The molecule has 1 aliphatic rings. The molecule has 1 fully saturated rings. The molecule has 0 bridgehead atoms. The van der Waals surface area contributed by atoms with Gasteiger partial charge in [0.15, 0.2) is 0 Å². The van der Waals surface area contributed by atoms with Gasteiger partial charge in [0.2, 0.25) is 11.8 Å². The van der Waals surface area contributed by atoms with Crippen molar-refractivity contribution in [2.45, 2.75) is 39.0 Å². The summed E-state index contributed by atoms with van der Waals surface area (Å²) in [6, 6.07) is 5.59. The zero-order valence-electron chi connectivity index (χ0n) is 12.3. The lowest BCUT2D eigenvalue weighted by Crippen LogP contribution is -2.35. The molecule has 4 heteroatoms. The Hall–Kier alpha value is -2.12. The fourth-order valence-corrected chi connectivity index (χ4v) is 2.50. The molecule has 2 N–H and O–H groups in total. The van der Waals surface area contributed by atoms with E-state index >= 15 is 0 Å². The molecule has 1 saturated heterocycles. The van der Waals surface area contributed by atoms with Crippen LogP contribution < -0.4 is 10.6 Å². The summed E-state index contributed by atoms with van der Waals surface area (Å²) in [4.78, 5) is 25.8. The Bertz CT molecular complexity index is 593. The molecule has 2 amide bonds. The van der Waals surface area contributed by atoms with E-state index in [0.717, 1.165) is 30.4 Å². The number of benzene rings is 1. The van der Waals surface area contributed by atoms with Crippen molar-refractivity contribution in [2.24, 2.45) is 5.73 Å². The molecule has 1 heterocycles. The SMILES string of the molecule is CCc1cc(C#CCN)ccc1N1C(=O)CCCCC1=O. The first-order valence-corrected chi connectivity index (χ1v) is 7.35. The van der Waals surface area contributed by atoms with E-state index in [9.17, 15) is 9.59 Å². The van der Waals surface area contributed by atoms with Crippen molar-refractivity contribution < 1.29 is 9.59 Å². The molecule has 0 aliphatic carbocycles. The lowest BCUT2D eigenvalue weighted by Gasteiger charge is -2.21. The van der Waals surface area contributed by atoms with Gasteiger partial charge in [0.25, 0.3) is 0 Å². The Morgan fingerprint density at radius 2 is 1.86 bits per heavy atom. The van der Waals surface area contributed by atoms with Crippen LogP contribution in [-0.4, -0.2) is 18.4 Å². The number of carbonyl (C=O) groups is 2. The molecule has 21 heavy (non-hydrogen) atoms. The smallest absolute Gasteiger partial charge is 0.233 e. The number of anilines is 1. The van der Waals surface area contributed by atoms with E-state index in [1.165, 1.54) is 4.90 Å². The molecule has 110 valence electrons. The van der Waals surface area contributed by atoms with Crippen LogP contribution in [0.5, 0.6) is 0 Å². The minimum Gasteiger partial charge on any atom is -0.320 e. The largest absolute Gasteiger partial charge is 0.320 e. The summed E-state index contributed by atoms with van der Waals surface area (Å²) in [5.41, 5.74) is 7.90. The molecule has 0 spiro atoms. The van der Waals surface area contributed by atoms with Crippen LogP contribution in [0.3, 0.4) is 0 Å². The van der Waals surface area contributed by atoms with Crippen molar-refractivity contribution in [1.29, 1.82) is 0 Å². The summed E-state index contributed by atoms with van der Waals surface area (Å²) in [6.45, 7) is 2.32. The van der Waals surface area contributed by atoms with Gasteiger partial charge in [0, 0.05) is 18.4 Å². The molecular weight excluding hydrogens is 264 g/mol. The first-order valence-electron chi connectivity index (χ1n) is 7.35. The minimum atomic E-state index is -0.104. The topological polar surface area (TPSA) is 63.4 Å². The summed E-state index contributed by atoms with van der Waals surface area (Å²) in [7, 11) is 0. The Morgan fingerprint density at radius 3 is 2.43 bits per heavy atom. The standard InChI is InChI=1S/C17H20N2O2/c1-2-14-12-13(6-5-11-18)9-10-15(14)19-16(20)7-3-4-8-17(19)21/h9-10,12H,2-4,7-8,11,18H2,1H3. The second kappa shape index (κ2) is 7.05. The van der Waals surface area contributed by atoms with E-state index in [1.807, 2.05) is 25.1 Å². The monoisotopic (exact) mass is 284 g/mol. The molecule has 4 nitrogen and oxygen atoms in total. The second-order valence-corrected chi connectivity index (χ2v) is 5.03. The van der Waals surface area contributed by atoms with E-state index in [0.29, 0.717) is 25.1 Å². The number of amides is 2. The highest BCUT2D eigenvalue weighted by atomic mass is 16.2. The van der Waals surface area contributed by atoms with E-state index in [1.54, 1.807) is 0 Å². The number of aryl methyl sites for hydroxylation is 1. The number of imide groups is 1.